The lowest BCUT2D eigenvalue weighted by atomic mass is 9.80. The van der Waals surface area contributed by atoms with Gasteiger partial charge in [-0.25, -0.2) is 29.9 Å². The first-order valence-electron chi connectivity index (χ1n) is 17.6. The summed E-state index contributed by atoms with van der Waals surface area (Å²) in [6.07, 6.45) is 25.3. The fourth-order valence-electron chi connectivity index (χ4n) is 6.06. The van der Waals surface area contributed by atoms with Crippen molar-refractivity contribution in [3.63, 3.8) is 0 Å². The molecule has 0 aliphatic rings. The number of hydrogen-bond donors (Lipinski definition) is 4. The van der Waals surface area contributed by atoms with E-state index in [1.165, 1.54) is 6.07 Å². The predicted molar refractivity (Wildman–Crippen MR) is 225 cm³/mol. The molecule has 8 heterocycles. The van der Waals surface area contributed by atoms with Crippen molar-refractivity contribution >= 4 is 51.2 Å². The van der Waals surface area contributed by atoms with Gasteiger partial charge in [-0.3, -0.25) is 19.1 Å². The first-order valence-corrected chi connectivity index (χ1v) is 18.4. The summed E-state index contributed by atoms with van der Waals surface area (Å²) in [5, 5.41) is 17.3. The standard InChI is InChI=1S/C20H15N7.C14H9BrN6.C6H8BNO2/c21-16-3-1-2-15(12-16)17-13-26-10-8-24-19(26)20(25-17)27-11-9-23-18(27)14-4-6-22-7-5-14;15-11-9-20-7-5-18-13(20)14(19-11)21-8-6-17-12(21)10-1-3-16-4-2-10;8-6-3-1-2-5(4-6)7(9)10/h1-13H,21H2;1-9H;1-4,9-10H,8H2. The highest BCUT2D eigenvalue weighted by Gasteiger charge is 2.16. The van der Waals surface area contributed by atoms with Gasteiger partial charge in [0.15, 0.2) is 22.9 Å². The Balaban J connectivity index is 0.000000134. The molecule has 0 saturated heterocycles. The topological polar surface area (TPSA) is 214 Å². The third-order valence-electron chi connectivity index (χ3n) is 8.69. The number of nitrogens with zero attached hydrogens (tertiary/aromatic N) is 12. The van der Waals surface area contributed by atoms with Crippen LogP contribution in [0.15, 0.2) is 164 Å². The fourth-order valence-corrected chi connectivity index (χ4v) is 6.45. The van der Waals surface area contributed by atoms with Gasteiger partial charge >= 0.3 is 7.12 Å². The van der Waals surface area contributed by atoms with Gasteiger partial charge in [-0.2, -0.15) is 0 Å². The summed E-state index contributed by atoms with van der Waals surface area (Å²) in [6.45, 7) is 0. The summed E-state index contributed by atoms with van der Waals surface area (Å²) in [6, 6.07) is 21.8. The molecule has 10 rings (SSSR count). The Labute approximate surface area is 339 Å². The van der Waals surface area contributed by atoms with E-state index in [4.69, 9.17) is 26.5 Å². The smallest absolute Gasteiger partial charge is 0.423 e. The molecule has 284 valence electrons. The van der Waals surface area contributed by atoms with Gasteiger partial charge in [0, 0.05) is 115 Å². The molecular weight excluding hydrogens is 799 g/mol. The quantitative estimate of drug-likeness (QED) is 0.130. The second-order valence-corrected chi connectivity index (χ2v) is 13.3. The van der Waals surface area contributed by atoms with Crippen LogP contribution in [0, 0.1) is 0 Å². The predicted octanol–water partition coefficient (Wildman–Crippen LogP) is 4.91. The summed E-state index contributed by atoms with van der Waals surface area (Å²) < 4.78 is 8.47. The average Bonchev–Trinajstić information content (AvgIpc) is 4.09. The minimum Gasteiger partial charge on any atom is -0.423 e. The molecule has 16 nitrogen and oxygen atoms in total. The number of halogens is 1. The van der Waals surface area contributed by atoms with E-state index in [2.05, 4.69) is 50.8 Å². The van der Waals surface area contributed by atoms with Crippen LogP contribution in [0.1, 0.15) is 0 Å². The minimum absolute atomic E-state index is 0.417. The SMILES string of the molecule is Brc1cn2ccnc2c(-n2ccnc2-c2ccncc2)n1.Nc1cccc(-c2cn3ccnc3c(-n3ccnc3-c3ccncc3)n2)c1.Nc1cccc(B(O)O)c1. The van der Waals surface area contributed by atoms with E-state index in [1.54, 1.807) is 67.8 Å². The maximum absolute atomic E-state index is 8.65. The minimum atomic E-state index is -1.43. The molecule has 0 spiro atoms. The Kier molecular flexibility index (Phi) is 10.8. The molecule has 6 N–H and O–H groups in total. The van der Waals surface area contributed by atoms with Crippen LogP contribution >= 0.6 is 15.9 Å². The number of benzene rings is 2. The number of nitrogen functional groups attached to an aromatic ring is 2. The van der Waals surface area contributed by atoms with Gasteiger partial charge in [0.05, 0.1) is 5.69 Å². The van der Waals surface area contributed by atoms with Crippen molar-refractivity contribution in [1.29, 1.82) is 0 Å². The van der Waals surface area contributed by atoms with E-state index >= 15 is 0 Å². The third-order valence-corrected chi connectivity index (χ3v) is 9.07. The molecule has 0 aliphatic carbocycles. The van der Waals surface area contributed by atoms with Crippen LogP contribution in [-0.4, -0.2) is 75.0 Å². The second kappa shape index (κ2) is 16.7. The number of aromatic nitrogens is 12. The zero-order valence-electron chi connectivity index (χ0n) is 30.4. The molecule has 0 fully saturated rings. The molecule has 0 aliphatic heterocycles. The summed E-state index contributed by atoms with van der Waals surface area (Å²) in [5.41, 5.74) is 18.2. The lowest BCUT2D eigenvalue weighted by Crippen LogP contribution is -2.29. The fraction of sp³-hybridized carbons (Fsp3) is 0. The number of anilines is 2. The van der Waals surface area contributed by atoms with Gasteiger partial charge in [-0.05, 0) is 69.9 Å². The van der Waals surface area contributed by atoms with Crippen LogP contribution in [0.5, 0.6) is 0 Å². The van der Waals surface area contributed by atoms with Crippen molar-refractivity contribution in [2.45, 2.75) is 0 Å². The number of nitrogens with two attached hydrogens (primary N) is 2. The van der Waals surface area contributed by atoms with Gasteiger partial charge < -0.3 is 30.3 Å². The van der Waals surface area contributed by atoms with Crippen molar-refractivity contribution in [2.24, 2.45) is 0 Å². The van der Waals surface area contributed by atoms with Crippen molar-refractivity contribution < 1.29 is 10.0 Å². The van der Waals surface area contributed by atoms with Gasteiger partial charge in [0.25, 0.3) is 0 Å². The Morgan fingerprint density at radius 1 is 0.534 bits per heavy atom. The molecule has 8 aromatic heterocycles. The lowest BCUT2D eigenvalue weighted by Gasteiger charge is -2.11. The molecule has 0 bridgehead atoms. The van der Waals surface area contributed by atoms with Crippen LogP contribution in [0.2, 0.25) is 0 Å². The number of pyridine rings is 2. The van der Waals surface area contributed by atoms with E-state index in [1.807, 2.05) is 104 Å². The Morgan fingerprint density at radius 3 is 1.59 bits per heavy atom. The highest BCUT2D eigenvalue weighted by molar-refractivity contribution is 9.10. The van der Waals surface area contributed by atoms with Gasteiger partial charge in [-0.1, -0.05) is 24.3 Å². The van der Waals surface area contributed by atoms with Gasteiger partial charge in [-0.15, -0.1) is 0 Å². The number of hydrogen-bond acceptors (Lipinski definition) is 12. The summed E-state index contributed by atoms with van der Waals surface area (Å²) in [5.74, 6) is 3.00. The third kappa shape index (κ3) is 8.05. The Hall–Kier alpha value is -7.54. The van der Waals surface area contributed by atoms with Gasteiger partial charge in [0.1, 0.15) is 16.3 Å². The first-order chi connectivity index (χ1) is 28.3. The Morgan fingerprint density at radius 2 is 1.05 bits per heavy atom. The molecule has 58 heavy (non-hydrogen) atoms. The maximum atomic E-state index is 8.65. The van der Waals surface area contributed by atoms with E-state index in [0.29, 0.717) is 22.7 Å². The monoisotopic (exact) mass is 830 g/mol. The number of rotatable bonds is 6. The molecule has 0 atom stereocenters. The van der Waals surface area contributed by atoms with Crippen molar-refractivity contribution in [2.75, 3.05) is 11.5 Å². The summed E-state index contributed by atoms with van der Waals surface area (Å²) in [4.78, 5) is 35.3. The largest absolute Gasteiger partial charge is 0.488 e. The van der Waals surface area contributed by atoms with Crippen LogP contribution < -0.4 is 16.9 Å². The van der Waals surface area contributed by atoms with Gasteiger partial charge in [0.2, 0.25) is 0 Å². The molecule has 0 radical (unpaired) electrons. The van der Waals surface area contributed by atoms with Crippen LogP contribution in [-0.2, 0) is 0 Å². The van der Waals surface area contributed by atoms with E-state index in [-0.39, 0.29) is 0 Å². The van der Waals surface area contributed by atoms with E-state index < -0.39 is 7.12 Å². The maximum Gasteiger partial charge on any atom is 0.488 e. The molecule has 18 heteroatoms. The highest BCUT2D eigenvalue weighted by Crippen LogP contribution is 2.27. The molecular formula is C40H32BBrN14O2. The van der Waals surface area contributed by atoms with Crippen molar-refractivity contribution in [3.05, 3.63) is 164 Å². The van der Waals surface area contributed by atoms with E-state index in [9.17, 15) is 0 Å². The normalized spacial score (nSPS) is 10.8. The molecule has 10 aromatic rings. The summed E-state index contributed by atoms with van der Waals surface area (Å²) in [7, 11) is -1.43. The van der Waals surface area contributed by atoms with Crippen LogP contribution in [0.4, 0.5) is 11.4 Å². The first kappa shape index (κ1) is 37.4. The average molecular weight is 832 g/mol. The molecule has 0 amide bonds. The lowest BCUT2D eigenvalue weighted by molar-refractivity contribution is 0.426. The highest BCUT2D eigenvalue weighted by atomic mass is 79.9. The zero-order valence-corrected chi connectivity index (χ0v) is 32.0. The molecule has 0 saturated carbocycles. The van der Waals surface area contributed by atoms with Crippen molar-refractivity contribution in [1.82, 2.24) is 57.8 Å². The van der Waals surface area contributed by atoms with Crippen LogP contribution in [0.3, 0.4) is 0 Å². The second-order valence-electron chi connectivity index (χ2n) is 12.5. The van der Waals surface area contributed by atoms with Crippen molar-refractivity contribution in [3.8, 4) is 45.7 Å². The number of imidazole rings is 4. The Bertz CT molecular complexity index is 2950. The molecule has 2 aromatic carbocycles. The van der Waals surface area contributed by atoms with E-state index in [0.717, 1.165) is 55.7 Å². The zero-order chi connectivity index (χ0) is 40.0. The van der Waals surface area contributed by atoms with Crippen LogP contribution in [0.25, 0.3) is 57.0 Å². The molecule has 0 unspecified atom stereocenters. The number of fused-ring (bicyclic) bond motifs is 2. The summed E-state index contributed by atoms with van der Waals surface area (Å²) >= 11 is 3.43.